The molecule has 0 aromatic heterocycles. The van der Waals surface area contributed by atoms with E-state index in [1.54, 1.807) is 18.2 Å². The molecule has 0 aliphatic heterocycles. The maximum atomic E-state index is 12.2. The number of ether oxygens (including phenoxy) is 1. The van der Waals surface area contributed by atoms with E-state index >= 15 is 0 Å². The van der Waals surface area contributed by atoms with Gasteiger partial charge in [-0.1, -0.05) is 46.3 Å². The van der Waals surface area contributed by atoms with Gasteiger partial charge in [-0.25, -0.2) is 0 Å². The molecule has 0 N–H and O–H groups in total. The predicted octanol–water partition coefficient (Wildman–Crippen LogP) is 4.58. The van der Waals surface area contributed by atoms with Crippen LogP contribution in [0.2, 0.25) is 0 Å². The van der Waals surface area contributed by atoms with Crippen LogP contribution in [0.1, 0.15) is 35.7 Å². The van der Waals surface area contributed by atoms with E-state index in [-0.39, 0.29) is 24.4 Å². The molecule has 2 aromatic carbocycles. The number of benzene rings is 2. The molecule has 0 aliphatic rings. The largest absolute Gasteiger partial charge is 0.488 e. The molecule has 0 aliphatic carbocycles. The first-order valence-electron chi connectivity index (χ1n) is 7.05. The van der Waals surface area contributed by atoms with Crippen molar-refractivity contribution in [1.82, 2.24) is 0 Å². The summed E-state index contributed by atoms with van der Waals surface area (Å²) in [6.07, 6.45) is 0.464. The van der Waals surface area contributed by atoms with Gasteiger partial charge in [0.05, 0.1) is 5.56 Å². The first-order valence-corrected chi connectivity index (χ1v) is 7.84. The zero-order valence-corrected chi connectivity index (χ0v) is 13.9. The molecule has 0 atom stereocenters. The van der Waals surface area contributed by atoms with Crippen LogP contribution >= 0.6 is 15.9 Å². The number of carbonyl (C=O) groups is 2. The van der Waals surface area contributed by atoms with Gasteiger partial charge in [0.25, 0.3) is 0 Å². The molecule has 3 nitrogen and oxygen atoms in total. The van der Waals surface area contributed by atoms with Gasteiger partial charge < -0.3 is 9.53 Å². The van der Waals surface area contributed by atoms with Crippen molar-refractivity contribution in [3.8, 4) is 5.75 Å². The molecule has 22 heavy (non-hydrogen) atoms. The number of halogens is 1. The van der Waals surface area contributed by atoms with Crippen molar-refractivity contribution in [2.45, 2.75) is 26.4 Å². The first kappa shape index (κ1) is 16.4. The quantitative estimate of drug-likeness (QED) is 0.678. The summed E-state index contributed by atoms with van der Waals surface area (Å²) in [7, 11) is 0. The third-order valence-corrected chi connectivity index (χ3v) is 3.68. The second kappa shape index (κ2) is 7.90. The molecule has 0 heterocycles. The van der Waals surface area contributed by atoms with Crippen LogP contribution in [0.4, 0.5) is 0 Å². The van der Waals surface area contributed by atoms with Gasteiger partial charge in [-0.15, -0.1) is 0 Å². The molecule has 2 rings (SSSR count). The lowest BCUT2D eigenvalue weighted by Gasteiger charge is -2.11. The average Bonchev–Trinajstić information content (AvgIpc) is 2.51. The molecule has 0 fully saturated rings. The minimum absolute atomic E-state index is 0.0113. The molecule has 114 valence electrons. The molecule has 0 saturated heterocycles. The first-order chi connectivity index (χ1) is 10.6. The highest BCUT2D eigenvalue weighted by Crippen LogP contribution is 2.26. The van der Waals surface area contributed by atoms with Crippen LogP contribution in [-0.4, -0.2) is 11.6 Å². The Kier molecular flexibility index (Phi) is 5.90. The molecule has 0 amide bonds. The van der Waals surface area contributed by atoms with Crippen LogP contribution in [0.25, 0.3) is 0 Å². The van der Waals surface area contributed by atoms with Gasteiger partial charge in [-0.05, 0) is 30.7 Å². The van der Waals surface area contributed by atoms with Gasteiger partial charge in [0.1, 0.15) is 18.1 Å². The lowest BCUT2D eigenvalue weighted by atomic mass is 10.0. The second-order valence-corrected chi connectivity index (χ2v) is 5.96. The lowest BCUT2D eigenvalue weighted by Crippen LogP contribution is -2.06. The highest BCUT2D eigenvalue weighted by Gasteiger charge is 2.14. The van der Waals surface area contributed by atoms with Gasteiger partial charge in [0.15, 0.2) is 5.78 Å². The Morgan fingerprint density at radius 2 is 1.77 bits per heavy atom. The smallest absolute Gasteiger partial charge is 0.167 e. The van der Waals surface area contributed by atoms with E-state index < -0.39 is 0 Å². The highest BCUT2D eigenvalue weighted by molar-refractivity contribution is 9.10. The number of hydrogen-bond donors (Lipinski definition) is 0. The summed E-state index contributed by atoms with van der Waals surface area (Å²) >= 11 is 3.39. The number of carbonyl (C=O) groups excluding carboxylic acids is 2. The van der Waals surface area contributed by atoms with Crippen molar-refractivity contribution in [2.24, 2.45) is 0 Å². The van der Waals surface area contributed by atoms with Crippen LogP contribution in [0, 0.1) is 0 Å². The summed E-state index contributed by atoms with van der Waals surface area (Å²) in [5, 5.41) is 0. The fraction of sp³-hybridized carbons (Fsp3) is 0.222. The molecule has 0 saturated carbocycles. The highest BCUT2D eigenvalue weighted by atomic mass is 79.9. The molecule has 0 bridgehead atoms. The van der Waals surface area contributed by atoms with Gasteiger partial charge in [-0.2, -0.15) is 0 Å². The van der Waals surface area contributed by atoms with E-state index in [0.29, 0.717) is 17.9 Å². The van der Waals surface area contributed by atoms with Crippen molar-refractivity contribution in [2.75, 3.05) is 0 Å². The molecular weight excluding hydrogens is 344 g/mol. The molecule has 2 aromatic rings. The van der Waals surface area contributed by atoms with Crippen molar-refractivity contribution in [3.05, 3.63) is 64.1 Å². The van der Waals surface area contributed by atoms with Crippen molar-refractivity contribution < 1.29 is 14.3 Å². The normalized spacial score (nSPS) is 10.3. The van der Waals surface area contributed by atoms with Gasteiger partial charge in [-0.3, -0.25) is 4.79 Å². The summed E-state index contributed by atoms with van der Waals surface area (Å²) in [4.78, 5) is 23.3. The van der Waals surface area contributed by atoms with Crippen LogP contribution < -0.4 is 4.74 Å². The fourth-order valence-electron chi connectivity index (χ4n) is 2.01. The monoisotopic (exact) mass is 360 g/mol. The predicted molar refractivity (Wildman–Crippen MR) is 89.2 cm³/mol. The Labute approximate surface area is 138 Å². The van der Waals surface area contributed by atoms with Gasteiger partial charge in [0, 0.05) is 17.3 Å². The van der Waals surface area contributed by atoms with E-state index in [2.05, 4.69) is 15.9 Å². The number of hydrogen-bond acceptors (Lipinski definition) is 3. The number of rotatable bonds is 7. The Bertz CT molecular complexity index is 665. The topological polar surface area (TPSA) is 43.4 Å². The van der Waals surface area contributed by atoms with E-state index in [1.165, 1.54) is 6.92 Å². The minimum Gasteiger partial charge on any atom is -0.488 e. The summed E-state index contributed by atoms with van der Waals surface area (Å²) in [6, 6.07) is 15.1. The van der Waals surface area contributed by atoms with Crippen molar-refractivity contribution in [1.29, 1.82) is 0 Å². The van der Waals surface area contributed by atoms with E-state index in [1.807, 2.05) is 30.3 Å². The maximum absolute atomic E-state index is 12.2. The third kappa shape index (κ3) is 4.81. The van der Waals surface area contributed by atoms with Crippen LogP contribution in [0.3, 0.4) is 0 Å². The van der Waals surface area contributed by atoms with Crippen LogP contribution in [0.5, 0.6) is 5.75 Å². The average molecular weight is 361 g/mol. The van der Waals surface area contributed by atoms with Crippen LogP contribution in [0.15, 0.2) is 53.0 Å². The van der Waals surface area contributed by atoms with E-state index in [4.69, 9.17) is 4.74 Å². The number of Topliss-reactive ketones (excluding diaryl/α,β-unsaturated/α-hetero) is 2. The maximum Gasteiger partial charge on any atom is 0.167 e. The minimum atomic E-state index is -0.0780. The Morgan fingerprint density at radius 1 is 1.05 bits per heavy atom. The summed E-state index contributed by atoms with van der Waals surface area (Å²) < 4.78 is 6.64. The van der Waals surface area contributed by atoms with Crippen molar-refractivity contribution >= 4 is 27.5 Å². The fourth-order valence-corrected chi connectivity index (χ4v) is 2.35. The third-order valence-electron chi connectivity index (χ3n) is 3.19. The number of ketones is 2. The summed E-state index contributed by atoms with van der Waals surface area (Å²) in [5.41, 5.74) is 1.55. The molecular formula is C18H17BrO3. The SMILES string of the molecule is CC(=O)CCC(=O)c1ccc(Br)cc1OCc1ccccc1. The Hall–Kier alpha value is -1.94. The van der Waals surface area contributed by atoms with Gasteiger partial charge >= 0.3 is 0 Å². The molecule has 4 heteroatoms. The lowest BCUT2D eigenvalue weighted by molar-refractivity contribution is -0.116. The second-order valence-electron chi connectivity index (χ2n) is 5.04. The summed E-state index contributed by atoms with van der Waals surface area (Å²) in [5.74, 6) is 0.467. The van der Waals surface area contributed by atoms with Crippen molar-refractivity contribution in [3.63, 3.8) is 0 Å². The van der Waals surface area contributed by atoms with Crippen LogP contribution in [-0.2, 0) is 11.4 Å². The van der Waals surface area contributed by atoms with E-state index in [0.717, 1.165) is 10.0 Å². The summed E-state index contributed by atoms with van der Waals surface area (Å²) in [6.45, 7) is 1.88. The zero-order valence-electron chi connectivity index (χ0n) is 12.3. The molecule has 0 spiro atoms. The molecule has 0 unspecified atom stereocenters. The Balaban J connectivity index is 2.13. The van der Waals surface area contributed by atoms with E-state index in [9.17, 15) is 9.59 Å². The van der Waals surface area contributed by atoms with Gasteiger partial charge in [0.2, 0.25) is 0 Å². The Morgan fingerprint density at radius 3 is 2.45 bits per heavy atom. The molecule has 0 radical (unpaired) electrons. The zero-order chi connectivity index (χ0) is 15.9. The standard InChI is InChI=1S/C18H17BrO3/c1-13(20)7-10-17(21)16-9-8-15(19)11-18(16)22-12-14-5-3-2-4-6-14/h2-6,8-9,11H,7,10,12H2,1H3.